The van der Waals surface area contributed by atoms with E-state index >= 15 is 0 Å². The topological polar surface area (TPSA) is 140 Å². The number of imidazole rings is 1. The molecule has 1 amide bonds. The number of para-hydroxylation sites is 1. The molecular weight excluding hydrogens is 470 g/mol. The van der Waals surface area contributed by atoms with E-state index in [1.165, 1.54) is 4.57 Å². The SMILES string of the molecule is CC(C)c1nc(CCOC(N)=O)n(Cc2ccccc2N)c1S(=O)(=O)Oc1cc(F)cc(F)c1. The van der Waals surface area contributed by atoms with Gasteiger partial charge in [0, 0.05) is 30.3 Å². The summed E-state index contributed by atoms with van der Waals surface area (Å²) in [5.41, 5.74) is 12.3. The Kier molecular flexibility index (Phi) is 7.40. The molecule has 9 nitrogen and oxygen atoms in total. The third kappa shape index (κ3) is 5.81. The van der Waals surface area contributed by atoms with Crippen molar-refractivity contribution in [3.8, 4) is 5.75 Å². The normalized spacial score (nSPS) is 11.6. The highest BCUT2D eigenvalue weighted by molar-refractivity contribution is 7.87. The molecule has 4 N–H and O–H groups in total. The van der Waals surface area contributed by atoms with Gasteiger partial charge >= 0.3 is 16.2 Å². The zero-order valence-electron chi connectivity index (χ0n) is 18.5. The van der Waals surface area contributed by atoms with Gasteiger partial charge in [0.2, 0.25) is 0 Å². The quantitative estimate of drug-likeness (QED) is 0.343. The predicted octanol–water partition coefficient (Wildman–Crippen LogP) is 3.32. The molecule has 12 heteroatoms. The lowest BCUT2D eigenvalue weighted by molar-refractivity contribution is 0.157. The number of carbonyl (C=O) groups is 1. The number of hydrogen-bond acceptors (Lipinski definition) is 7. The molecule has 0 unspecified atom stereocenters. The van der Waals surface area contributed by atoms with E-state index in [4.69, 9.17) is 20.4 Å². The number of carbonyl (C=O) groups excluding carboxylic acids is 1. The van der Waals surface area contributed by atoms with Crippen LogP contribution in [0.4, 0.5) is 19.3 Å². The van der Waals surface area contributed by atoms with Crippen LogP contribution < -0.4 is 15.7 Å². The highest BCUT2D eigenvalue weighted by Gasteiger charge is 2.32. The Bertz CT molecular complexity index is 1290. The minimum Gasteiger partial charge on any atom is -0.449 e. The first-order valence-electron chi connectivity index (χ1n) is 10.2. The Labute approximate surface area is 195 Å². The summed E-state index contributed by atoms with van der Waals surface area (Å²) in [4.78, 5) is 15.4. The second kappa shape index (κ2) is 10.1. The summed E-state index contributed by atoms with van der Waals surface area (Å²) in [6, 6.07) is 8.95. The number of nitrogens with two attached hydrogens (primary N) is 2. The fraction of sp³-hybridized carbons (Fsp3) is 0.273. The molecule has 34 heavy (non-hydrogen) atoms. The van der Waals surface area contributed by atoms with Gasteiger partial charge < -0.3 is 25.0 Å². The molecule has 0 aliphatic rings. The van der Waals surface area contributed by atoms with Gasteiger partial charge in [-0.2, -0.15) is 8.42 Å². The van der Waals surface area contributed by atoms with Crippen LogP contribution in [-0.2, 0) is 27.8 Å². The first-order valence-corrected chi connectivity index (χ1v) is 11.6. The maximum atomic E-state index is 13.6. The number of anilines is 1. The lowest BCUT2D eigenvalue weighted by Gasteiger charge is -2.15. The monoisotopic (exact) mass is 494 g/mol. The number of rotatable bonds is 9. The standard InChI is InChI=1S/C22H24F2N4O5S/c1-13(2)20-21(34(30,31)33-17-10-15(23)9-16(24)11-17)28(12-14-5-3-4-6-18(14)25)19(27-20)7-8-32-22(26)29/h3-6,9-11,13H,7-8,12,25H2,1-2H3,(H2,26,29). The van der Waals surface area contributed by atoms with Crippen molar-refractivity contribution >= 4 is 21.9 Å². The summed E-state index contributed by atoms with van der Waals surface area (Å²) in [7, 11) is -4.61. The van der Waals surface area contributed by atoms with Crippen LogP contribution in [0.15, 0.2) is 47.5 Å². The summed E-state index contributed by atoms with van der Waals surface area (Å²) in [6.07, 6.45) is -0.946. The molecule has 1 heterocycles. The van der Waals surface area contributed by atoms with E-state index in [1.807, 2.05) is 0 Å². The van der Waals surface area contributed by atoms with E-state index in [9.17, 15) is 22.0 Å². The van der Waals surface area contributed by atoms with Crippen molar-refractivity contribution in [1.82, 2.24) is 9.55 Å². The van der Waals surface area contributed by atoms with Crippen LogP contribution in [0.3, 0.4) is 0 Å². The molecule has 0 atom stereocenters. The Hall–Kier alpha value is -3.67. The maximum absolute atomic E-state index is 13.6. The average molecular weight is 495 g/mol. The van der Waals surface area contributed by atoms with Crippen molar-refractivity contribution in [3.63, 3.8) is 0 Å². The summed E-state index contributed by atoms with van der Waals surface area (Å²) in [5.74, 6) is -2.63. The van der Waals surface area contributed by atoms with E-state index in [2.05, 4.69) is 4.98 Å². The van der Waals surface area contributed by atoms with E-state index in [-0.39, 0.29) is 42.0 Å². The zero-order chi connectivity index (χ0) is 25.0. The molecule has 0 fully saturated rings. The molecule has 0 spiro atoms. The Morgan fingerprint density at radius 2 is 1.79 bits per heavy atom. The summed E-state index contributed by atoms with van der Waals surface area (Å²) in [6.45, 7) is 3.31. The predicted molar refractivity (Wildman–Crippen MR) is 120 cm³/mol. The molecule has 3 aromatic rings. The summed E-state index contributed by atoms with van der Waals surface area (Å²) >= 11 is 0. The van der Waals surface area contributed by atoms with Gasteiger partial charge in [-0.25, -0.2) is 18.6 Å². The molecule has 1 aromatic heterocycles. The van der Waals surface area contributed by atoms with Crippen molar-refractivity contribution in [3.05, 3.63) is 71.2 Å². The Morgan fingerprint density at radius 1 is 1.15 bits per heavy atom. The number of aromatic nitrogens is 2. The van der Waals surface area contributed by atoms with E-state index < -0.39 is 33.6 Å². The molecular formula is C22H24F2N4O5S. The fourth-order valence-electron chi connectivity index (χ4n) is 3.33. The van der Waals surface area contributed by atoms with E-state index in [1.54, 1.807) is 38.1 Å². The van der Waals surface area contributed by atoms with E-state index in [0.29, 0.717) is 17.3 Å². The zero-order valence-corrected chi connectivity index (χ0v) is 19.3. The lowest BCUT2D eigenvalue weighted by atomic mass is 10.1. The average Bonchev–Trinajstić information content (AvgIpc) is 3.08. The Balaban J connectivity index is 2.14. The van der Waals surface area contributed by atoms with Crippen LogP contribution >= 0.6 is 0 Å². The summed E-state index contributed by atoms with van der Waals surface area (Å²) < 4.78 is 65.3. The first kappa shape index (κ1) is 25.0. The van der Waals surface area contributed by atoms with Crippen molar-refractivity contribution in [2.24, 2.45) is 5.73 Å². The molecule has 182 valence electrons. The third-order valence-electron chi connectivity index (χ3n) is 4.80. The molecule has 0 aliphatic carbocycles. The molecule has 2 aromatic carbocycles. The van der Waals surface area contributed by atoms with Crippen molar-refractivity contribution in [2.45, 2.75) is 37.8 Å². The van der Waals surface area contributed by atoms with Crippen LogP contribution in [0.5, 0.6) is 5.75 Å². The lowest BCUT2D eigenvalue weighted by Crippen LogP contribution is -2.20. The number of halogens is 2. The largest absolute Gasteiger partial charge is 0.449 e. The second-order valence-corrected chi connectivity index (χ2v) is 9.18. The van der Waals surface area contributed by atoms with Crippen LogP contribution in [0.25, 0.3) is 0 Å². The molecule has 0 radical (unpaired) electrons. The van der Waals surface area contributed by atoms with Gasteiger partial charge in [-0.15, -0.1) is 0 Å². The van der Waals surface area contributed by atoms with Gasteiger partial charge in [-0.05, 0) is 17.5 Å². The van der Waals surface area contributed by atoms with Crippen molar-refractivity contribution < 1.29 is 30.9 Å². The first-order chi connectivity index (χ1) is 16.0. The van der Waals surface area contributed by atoms with Crippen LogP contribution in [-0.4, -0.2) is 30.7 Å². The minimum atomic E-state index is -4.61. The van der Waals surface area contributed by atoms with Crippen LogP contribution in [0.2, 0.25) is 0 Å². The van der Waals surface area contributed by atoms with Crippen molar-refractivity contribution in [2.75, 3.05) is 12.3 Å². The minimum absolute atomic E-state index is 0.00622. The summed E-state index contributed by atoms with van der Waals surface area (Å²) in [5, 5.41) is -0.301. The van der Waals surface area contributed by atoms with Crippen molar-refractivity contribution in [1.29, 1.82) is 0 Å². The second-order valence-electron chi connectivity index (χ2n) is 7.72. The number of ether oxygens (including phenoxy) is 1. The molecule has 3 rings (SSSR count). The fourth-order valence-corrected chi connectivity index (χ4v) is 4.74. The van der Waals surface area contributed by atoms with Gasteiger partial charge in [-0.3, -0.25) is 0 Å². The smallest absolute Gasteiger partial charge is 0.404 e. The molecule has 0 bridgehead atoms. The van der Waals surface area contributed by atoms with Crippen LogP contribution in [0, 0.1) is 11.6 Å². The highest BCUT2D eigenvalue weighted by Crippen LogP contribution is 2.30. The van der Waals surface area contributed by atoms with Gasteiger partial charge in [-0.1, -0.05) is 32.0 Å². The van der Waals surface area contributed by atoms with Gasteiger partial charge in [0.1, 0.15) is 29.8 Å². The number of amides is 1. The Morgan fingerprint density at radius 3 is 2.38 bits per heavy atom. The number of hydrogen-bond donors (Lipinski definition) is 2. The van der Waals surface area contributed by atoms with Gasteiger partial charge in [0.15, 0.2) is 5.03 Å². The molecule has 0 aliphatic heterocycles. The molecule has 0 saturated carbocycles. The van der Waals surface area contributed by atoms with E-state index in [0.717, 1.165) is 12.1 Å². The van der Waals surface area contributed by atoms with Gasteiger partial charge in [0.05, 0.1) is 12.2 Å². The highest BCUT2D eigenvalue weighted by atomic mass is 32.2. The number of nitrogens with zero attached hydrogens (tertiary/aromatic N) is 2. The maximum Gasteiger partial charge on any atom is 0.404 e. The number of benzene rings is 2. The third-order valence-corrected chi connectivity index (χ3v) is 6.12. The number of primary amides is 1. The van der Waals surface area contributed by atoms with Crippen LogP contribution in [0.1, 0.15) is 36.8 Å². The molecule has 0 saturated heterocycles. The number of nitrogen functional groups attached to an aromatic ring is 1. The van der Waals surface area contributed by atoms with Gasteiger partial charge in [0.25, 0.3) is 0 Å².